The summed E-state index contributed by atoms with van der Waals surface area (Å²) in [5.74, 6) is 2.02. The van der Waals surface area contributed by atoms with Crippen molar-refractivity contribution in [1.82, 2.24) is 0 Å². The van der Waals surface area contributed by atoms with Crippen molar-refractivity contribution in [3.05, 3.63) is 121 Å². The van der Waals surface area contributed by atoms with Crippen molar-refractivity contribution in [3.63, 3.8) is 0 Å². The zero-order valence-corrected chi connectivity index (χ0v) is 25.7. The summed E-state index contributed by atoms with van der Waals surface area (Å²) < 4.78 is 18.9. The molecule has 0 aliphatic heterocycles. The van der Waals surface area contributed by atoms with Gasteiger partial charge in [-0.3, -0.25) is 0 Å². The molecule has 41 heavy (non-hydrogen) atoms. The highest BCUT2D eigenvalue weighted by atomic mass is 127. The Labute approximate surface area is 258 Å². The van der Waals surface area contributed by atoms with Gasteiger partial charge in [0, 0.05) is 27.9 Å². The molecule has 7 heteroatoms. The molecule has 0 aliphatic rings. The minimum atomic E-state index is 0.242. The molecular formula is C34H26ClIN2O3. The molecule has 1 heterocycles. The Balaban J connectivity index is 1.52. The maximum absolute atomic E-state index is 10.2. The van der Waals surface area contributed by atoms with Crippen LogP contribution in [0.15, 0.2) is 94.3 Å². The van der Waals surface area contributed by atoms with Crippen LogP contribution in [0.3, 0.4) is 0 Å². The second kappa shape index (κ2) is 12.6. The third kappa shape index (κ3) is 6.32. The number of hydrogen-bond donors (Lipinski definition) is 0. The van der Waals surface area contributed by atoms with Gasteiger partial charge in [0.15, 0.2) is 11.5 Å². The zero-order valence-electron chi connectivity index (χ0n) is 22.7. The van der Waals surface area contributed by atoms with Gasteiger partial charge in [-0.25, -0.2) is 4.99 Å². The first kappa shape index (κ1) is 28.5. The van der Waals surface area contributed by atoms with Crippen molar-refractivity contribution in [2.45, 2.75) is 20.5 Å². The van der Waals surface area contributed by atoms with Crippen LogP contribution in [0.4, 0.5) is 5.88 Å². The highest BCUT2D eigenvalue weighted by molar-refractivity contribution is 14.1. The average molecular weight is 673 g/mol. The zero-order chi connectivity index (χ0) is 28.9. The topological polar surface area (TPSA) is 67.8 Å². The van der Waals surface area contributed by atoms with E-state index < -0.39 is 0 Å². The number of benzene rings is 4. The van der Waals surface area contributed by atoms with Gasteiger partial charge in [0.2, 0.25) is 5.88 Å². The summed E-state index contributed by atoms with van der Waals surface area (Å²) >= 11 is 8.51. The largest absolute Gasteiger partial charge is 0.493 e. The first-order valence-corrected chi connectivity index (χ1v) is 14.3. The lowest BCUT2D eigenvalue weighted by molar-refractivity contribution is 0.282. The SMILES string of the molecule is COc1cc(C=Nc2oc(-c3ccc(C)cc3)c(-c3ccc(C)cc3)c2C#N)cc(I)c1OCc1ccccc1Cl. The maximum Gasteiger partial charge on any atom is 0.238 e. The Bertz CT molecular complexity index is 1770. The van der Waals surface area contributed by atoms with Gasteiger partial charge in [0.25, 0.3) is 0 Å². The lowest BCUT2D eigenvalue weighted by atomic mass is 9.97. The first-order valence-electron chi connectivity index (χ1n) is 12.9. The summed E-state index contributed by atoms with van der Waals surface area (Å²) in [6, 6.07) is 29.8. The Hall–Kier alpha value is -4.06. The summed E-state index contributed by atoms with van der Waals surface area (Å²) in [4.78, 5) is 4.63. The van der Waals surface area contributed by atoms with Gasteiger partial charge in [-0.1, -0.05) is 89.5 Å². The number of nitriles is 1. The second-order valence-electron chi connectivity index (χ2n) is 9.50. The molecule has 4 aromatic carbocycles. The van der Waals surface area contributed by atoms with E-state index in [2.05, 4.69) is 33.7 Å². The lowest BCUT2D eigenvalue weighted by Crippen LogP contribution is -2.01. The molecule has 5 aromatic rings. The van der Waals surface area contributed by atoms with Crippen LogP contribution in [0.2, 0.25) is 5.02 Å². The van der Waals surface area contributed by atoms with Crippen molar-refractivity contribution < 1.29 is 13.9 Å². The quantitative estimate of drug-likeness (QED) is 0.122. The van der Waals surface area contributed by atoms with Crippen LogP contribution in [0.25, 0.3) is 22.5 Å². The molecule has 5 nitrogen and oxygen atoms in total. The monoisotopic (exact) mass is 672 g/mol. The van der Waals surface area contributed by atoms with Crippen molar-refractivity contribution in [3.8, 4) is 40.0 Å². The Morgan fingerprint density at radius 3 is 2.24 bits per heavy atom. The van der Waals surface area contributed by atoms with Gasteiger partial charge in [0.05, 0.1) is 10.7 Å². The smallest absolute Gasteiger partial charge is 0.238 e. The van der Waals surface area contributed by atoms with Crippen molar-refractivity contribution >= 4 is 46.3 Å². The molecule has 0 aliphatic carbocycles. The number of ether oxygens (including phenoxy) is 2. The van der Waals surface area contributed by atoms with Crippen LogP contribution in [0.5, 0.6) is 11.5 Å². The minimum absolute atomic E-state index is 0.242. The Morgan fingerprint density at radius 2 is 1.61 bits per heavy atom. The molecule has 0 saturated heterocycles. The summed E-state index contributed by atoms with van der Waals surface area (Å²) in [6.07, 6.45) is 1.67. The molecular weight excluding hydrogens is 647 g/mol. The molecule has 1 aromatic heterocycles. The predicted octanol–water partition coefficient (Wildman–Crippen LogP) is 9.70. The molecule has 0 saturated carbocycles. The number of hydrogen-bond acceptors (Lipinski definition) is 5. The number of halogens is 2. The number of aliphatic imine (C=N–C) groups is 1. The molecule has 0 spiro atoms. The average Bonchev–Trinajstić information content (AvgIpc) is 3.35. The van der Waals surface area contributed by atoms with Gasteiger partial charge < -0.3 is 13.9 Å². The summed E-state index contributed by atoms with van der Waals surface area (Å²) in [5.41, 5.74) is 6.79. The molecule has 0 radical (unpaired) electrons. The molecule has 0 unspecified atom stereocenters. The molecule has 0 bridgehead atoms. The van der Waals surface area contributed by atoms with E-state index in [0.717, 1.165) is 42.5 Å². The number of methoxy groups -OCH3 is 1. The van der Waals surface area contributed by atoms with E-state index in [1.807, 2.05) is 98.8 Å². The number of nitrogens with zero attached hydrogens (tertiary/aromatic N) is 2. The Morgan fingerprint density at radius 1 is 0.951 bits per heavy atom. The molecule has 204 valence electrons. The minimum Gasteiger partial charge on any atom is -0.493 e. The van der Waals surface area contributed by atoms with Crippen LogP contribution in [-0.4, -0.2) is 13.3 Å². The number of furan rings is 1. The molecule has 0 atom stereocenters. The van der Waals surface area contributed by atoms with E-state index >= 15 is 0 Å². The van der Waals surface area contributed by atoms with Gasteiger partial charge in [-0.15, -0.1) is 0 Å². The lowest BCUT2D eigenvalue weighted by Gasteiger charge is -2.14. The van der Waals surface area contributed by atoms with Crippen molar-refractivity contribution in [2.75, 3.05) is 7.11 Å². The van der Waals surface area contributed by atoms with Crippen LogP contribution in [-0.2, 0) is 6.61 Å². The summed E-state index contributed by atoms with van der Waals surface area (Å²) in [7, 11) is 1.59. The van der Waals surface area contributed by atoms with E-state index in [0.29, 0.717) is 34.5 Å². The first-order chi connectivity index (χ1) is 19.9. The van der Waals surface area contributed by atoms with E-state index in [1.54, 1.807) is 13.3 Å². The van der Waals surface area contributed by atoms with Crippen LogP contribution in [0.1, 0.15) is 27.8 Å². The van der Waals surface area contributed by atoms with Crippen molar-refractivity contribution in [1.29, 1.82) is 5.26 Å². The second-order valence-corrected chi connectivity index (χ2v) is 11.1. The predicted molar refractivity (Wildman–Crippen MR) is 173 cm³/mol. The fourth-order valence-electron chi connectivity index (χ4n) is 4.37. The van der Waals surface area contributed by atoms with Crippen LogP contribution in [0, 0.1) is 28.7 Å². The molecule has 0 amide bonds. The third-order valence-corrected chi connectivity index (χ3v) is 7.74. The van der Waals surface area contributed by atoms with E-state index in [-0.39, 0.29) is 5.88 Å². The van der Waals surface area contributed by atoms with E-state index in [1.165, 1.54) is 0 Å². The van der Waals surface area contributed by atoms with Gasteiger partial charge >= 0.3 is 0 Å². The van der Waals surface area contributed by atoms with Gasteiger partial charge in [-0.05, 0) is 65.8 Å². The Kier molecular flexibility index (Phi) is 8.77. The van der Waals surface area contributed by atoms with Crippen LogP contribution < -0.4 is 9.47 Å². The molecule has 0 N–H and O–H groups in total. The summed E-state index contributed by atoms with van der Waals surface area (Å²) in [5, 5.41) is 10.9. The van der Waals surface area contributed by atoms with Gasteiger partial charge in [-0.2, -0.15) is 5.26 Å². The highest BCUT2D eigenvalue weighted by Crippen LogP contribution is 2.43. The maximum atomic E-state index is 10.2. The number of aryl methyl sites for hydroxylation is 2. The molecule has 0 fully saturated rings. The van der Waals surface area contributed by atoms with E-state index in [4.69, 9.17) is 25.5 Å². The van der Waals surface area contributed by atoms with E-state index in [9.17, 15) is 5.26 Å². The summed E-state index contributed by atoms with van der Waals surface area (Å²) in [6.45, 7) is 4.37. The highest BCUT2D eigenvalue weighted by Gasteiger charge is 2.23. The fraction of sp³-hybridized carbons (Fsp3) is 0.118. The third-order valence-electron chi connectivity index (χ3n) is 6.57. The van der Waals surface area contributed by atoms with Crippen molar-refractivity contribution in [2.24, 2.45) is 4.99 Å². The number of rotatable bonds is 8. The normalized spacial score (nSPS) is 11.0. The standard InChI is InChI=1S/C34H26ClIN2O3/c1-21-8-12-24(13-9-21)31-27(18-37)34(41-32(31)25-14-10-22(2)11-15-25)38-19-23-16-29(36)33(30(17-23)39-3)40-20-26-6-4-5-7-28(26)35/h4-17,19H,20H2,1-3H3. The van der Waals surface area contributed by atoms with Crippen LogP contribution >= 0.6 is 34.2 Å². The molecule has 5 rings (SSSR count). The fourth-order valence-corrected chi connectivity index (χ4v) is 5.34. The van der Waals surface area contributed by atoms with Gasteiger partial charge in [0.1, 0.15) is 24.0 Å².